The highest BCUT2D eigenvalue weighted by Crippen LogP contribution is 2.33. The second kappa shape index (κ2) is 13.5. The Balaban J connectivity index is 2.25. The maximum absolute atomic E-state index is 12.0. The standard InChI is InChI=1S/C28H33N7O4/c1-4-39-26(36)10-5-17-11-24(22-8-6-20(37-2)13-18(22)15-33-27(29)30)35-25(12-17)23-9-7-21(38-3)14-19(23)16-34-28(31)32/h5-14H,4,15-16H2,1-3H3,(H4,29,30,33)(H4,31,32,34)/b10-5+. The topological polar surface area (TPSA) is 186 Å². The molecule has 39 heavy (non-hydrogen) atoms. The van der Waals surface area contributed by atoms with Crippen LogP contribution in [-0.2, 0) is 22.6 Å². The number of methoxy groups -OCH3 is 2. The summed E-state index contributed by atoms with van der Waals surface area (Å²) >= 11 is 0. The maximum atomic E-state index is 12.0. The molecule has 0 unspecified atom stereocenters. The highest BCUT2D eigenvalue weighted by Gasteiger charge is 2.14. The van der Waals surface area contributed by atoms with Gasteiger partial charge >= 0.3 is 5.97 Å². The molecule has 1 aromatic heterocycles. The number of benzene rings is 2. The molecule has 0 aliphatic heterocycles. The number of nitrogens with zero attached hydrogens (tertiary/aromatic N) is 3. The molecule has 3 rings (SSSR count). The number of carbonyl (C=O) groups excluding carboxylic acids is 1. The number of hydrogen-bond acceptors (Lipinski definition) is 7. The van der Waals surface area contributed by atoms with Crippen molar-refractivity contribution in [1.29, 1.82) is 0 Å². The lowest BCUT2D eigenvalue weighted by Crippen LogP contribution is -2.22. The van der Waals surface area contributed by atoms with Crippen LogP contribution in [0, 0.1) is 0 Å². The van der Waals surface area contributed by atoms with Crippen LogP contribution in [-0.4, -0.2) is 43.7 Å². The molecule has 0 radical (unpaired) electrons. The van der Waals surface area contributed by atoms with E-state index in [1.807, 2.05) is 48.5 Å². The Morgan fingerprint density at radius 3 is 1.72 bits per heavy atom. The first kappa shape index (κ1) is 28.5. The molecule has 204 valence electrons. The van der Waals surface area contributed by atoms with E-state index in [-0.39, 0.29) is 31.6 Å². The van der Waals surface area contributed by atoms with Crippen molar-refractivity contribution in [2.24, 2.45) is 32.9 Å². The van der Waals surface area contributed by atoms with Gasteiger partial charge < -0.3 is 37.1 Å². The van der Waals surface area contributed by atoms with Gasteiger partial charge in [0.2, 0.25) is 0 Å². The maximum Gasteiger partial charge on any atom is 0.330 e. The molecule has 0 atom stereocenters. The monoisotopic (exact) mass is 531 g/mol. The third-order valence-corrected chi connectivity index (χ3v) is 5.59. The number of carbonyl (C=O) groups is 1. The fourth-order valence-corrected chi connectivity index (χ4v) is 3.79. The smallest absolute Gasteiger partial charge is 0.330 e. The van der Waals surface area contributed by atoms with Gasteiger partial charge in [-0.2, -0.15) is 0 Å². The summed E-state index contributed by atoms with van der Waals surface area (Å²) < 4.78 is 15.8. The SMILES string of the molecule is CCOC(=O)/C=C/c1cc(-c2ccc(OC)cc2CN=C(N)N)nc(-c2ccc(OC)cc2CN=C(N)N)c1. The lowest BCUT2D eigenvalue weighted by Gasteiger charge is -2.15. The largest absolute Gasteiger partial charge is 0.497 e. The van der Waals surface area contributed by atoms with E-state index in [1.165, 1.54) is 6.08 Å². The number of rotatable bonds is 11. The van der Waals surface area contributed by atoms with E-state index in [4.69, 9.17) is 42.1 Å². The van der Waals surface area contributed by atoms with Crippen molar-refractivity contribution in [1.82, 2.24) is 4.98 Å². The van der Waals surface area contributed by atoms with Crippen LogP contribution < -0.4 is 32.4 Å². The molecule has 11 nitrogen and oxygen atoms in total. The minimum absolute atomic E-state index is 0.0360. The molecule has 11 heteroatoms. The molecule has 0 saturated carbocycles. The molecule has 0 saturated heterocycles. The number of ether oxygens (including phenoxy) is 3. The van der Waals surface area contributed by atoms with Crippen LogP contribution in [0.25, 0.3) is 28.6 Å². The molecule has 0 aliphatic rings. The number of aromatic nitrogens is 1. The summed E-state index contributed by atoms with van der Waals surface area (Å²) in [5.41, 5.74) is 27.5. The van der Waals surface area contributed by atoms with E-state index in [1.54, 1.807) is 27.2 Å². The highest BCUT2D eigenvalue weighted by atomic mass is 16.5. The Labute approximate surface area is 227 Å². The Kier molecular flexibility index (Phi) is 9.85. The first-order chi connectivity index (χ1) is 18.7. The number of pyridine rings is 1. The fourth-order valence-electron chi connectivity index (χ4n) is 3.79. The first-order valence-electron chi connectivity index (χ1n) is 12.1. The summed E-state index contributed by atoms with van der Waals surface area (Å²) in [7, 11) is 3.16. The predicted octanol–water partition coefficient (Wildman–Crippen LogP) is 2.56. The molecular weight excluding hydrogens is 498 g/mol. The van der Waals surface area contributed by atoms with Gasteiger partial charge in [0, 0.05) is 17.2 Å². The molecule has 0 aliphatic carbocycles. The van der Waals surface area contributed by atoms with Gasteiger partial charge in [0.15, 0.2) is 11.9 Å². The molecule has 2 aromatic carbocycles. The van der Waals surface area contributed by atoms with Gasteiger partial charge in [-0.3, -0.25) is 0 Å². The Hall–Kier alpha value is -5.06. The number of esters is 1. The van der Waals surface area contributed by atoms with Crippen molar-refractivity contribution in [3.8, 4) is 34.0 Å². The van der Waals surface area contributed by atoms with E-state index in [0.29, 0.717) is 22.9 Å². The average molecular weight is 532 g/mol. The van der Waals surface area contributed by atoms with Gasteiger partial charge in [-0.25, -0.2) is 19.8 Å². The van der Waals surface area contributed by atoms with Crippen LogP contribution in [0.2, 0.25) is 0 Å². The van der Waals surface area contributed by atoms with E-state index in [2.05, 4.69) is 9.98 Å². The molecule has 0 bridgehead atoms. The van der Waals surface area contributed by atoms with Crippen molar-refractivity contribution >= 4 is 24.0 Å². The van der Waals surface area contributed by atoms with Crippen LogP contribution in [0.1, 0.15) is 23.6 Å². The summed E-state index contributed by atoms with van der Waals surface area (Å²) in [6.07, 6.45) is 3.04. The Morgan fingerprint density at radius 2 is 1.31 bits per heavy atom. The highest BCUT2D eigenvalue weighted by molar-refractivity contribution is 5.88. The van der Waals surface area contributed by atoms with Crippen molar-refractivity contribution in [2.75, 3.05) is 20.8 Å². The minimum Gasteiger partial charge on any atom is -0.497 e. The van der Waals surface area contributed by atoms with Gasteiger partial charge in [-0.15, -0.1) is 0 Å². The summed E-state index contributed by atoms with van der Waals surface area (Å²) in [4.78, 5) is 25.4. The quantitative estimate of drug-likeness (QED) is 0.125. The Morgan fingerprint density at radius 1 is 0.821 bits per heavy atom. The zero-order valence-corrected chi connectivity index (χ0v) is 22.2. The number of hydrogen-bond donors (Lipinski definition) is 4. The van der Waals surface area contributed by atoms with Gasteiger partial charge in [0.25, 0.3) is 0 Å². The van der Waals surface area contributed by atoms with Crippen LogP contribution in [0.15, 0.2) is 64.6 Å². The molecule has 1 heterocycles. The lowest BCUT2D eigenvalue weighted by atomic mass is 9.98. The number of nitrogens with two attached hydrogens (primary N) is 4. The molecule has 0 fully saturated rings. The van der Waals surface area contributed by atoms with Crippen LogP contribution in [0.4, 0.5) is 0 Å². The second-order valence-corrected chi connectivity index (χ2v) is 8.28. The van der Waals surface area contributed by atoms with Crippen LogP contribution >= 0.6 is 0 Å². The normalized spacial score (nSPS) is 10.6. The number of aliphatic imine (C=N–C) groups is 2. The van der Waals surface area contributed by atoms with Gasteiger partial charge in [-0.1, -0.05) is 0 Å². The summed E-state index contributed by atoms with van der Waals surface area (Å²) in [5, 5.41) is 0. The van der Waals surface area contributed by atoms with Crippen LogP contribution in [0.5, 0.6) is 11.5 Å². The number of guanidine groups is 2. The molecule has 3 aromatic rings. The Bertz CT molecular complexity index is 1320. The average Bonchev–Trinajstić information content (AvgIpc) is 2.93. The van der Waals surface area contributed by atoms with Crippen molar-refractivity contribution < 1.29 is 19.0 Å². The van der Waals surface area contributed by atoms with Crippen molar-refractivity contribution in [2.45, 2.75) is 20.0 Å². The van der Waals surface area contributed by atoms with E-state index < -0.39 is 5.97 Å². The minimum atomic E-state index is -0.451. The van der Waals surface area contributed by atoms with Crippen molar-refractivity contribution in [3.05, 3.63) is 71.3 Å². The molecule has 0 spiro atoms. The third-order valence-electron chi connectivity index (χ3n) is 5.59. The van der Waals surface area contributed by atoms with E-state index in [9.17, 15) is 4.79 Å². The lowest BCUT2D eigenvalue weighted by molar-refractivity contribution is -0.137. The molecule has 0 amide bonds. The zero-order valence-electron chi connectivity index (χ0n) is 22.2. The second-order valence-electron chi connectivity index (χ2n) is 8.28. The van der Waals surface area contributed by atoms with Gasteiger partial charge in [-0.05, 0) is 78.2 Å². The van der Waals surface area contributed by atoms with E-state index >= 15 is 0 Å². The first-order valence-corrected chi connectivity index (χ1v) is 12.1. The zero-order chi connectivity index (χ0) is 28.4. The van der Waals surface area contributed by atoms with Crippen LogP contribution in [0.3, 0.4) is 0 Å². The van der Waals surface area contributed by atoms with Gasteiger partial charge in [0.05, 0.1) is 45.3 Å². The van der Waals surface area contributed by atoms with E-state index in [0.717, 1.165) is 27.8 Å². The summed E-state index contributed by atoms with van der Waals surface area (Å²) in [5.74, 6) is 0.770. The predicted molar refractivity (Wildman–Crippen MR) is 153 cm³/mol. The molecule has 8 N–H and O–H groups in total. The fraction of sp³-hybridized carbons (Fsp3) is 0.214. The third kappa shape index (κ3) is 7.96. The van der Waals surface area contributed by atoms with Crippen molar-refractivity contribution in [3.63, 3.8) is 0 Å². The summed E-state index contributed by atoms with van der Waals surface area (Å²) in [6, 6.07) is 14.8. The molecular formula is C28H33N7O4. The van der Waals surface area contributed by atoms with Gasteiger partial charge in [0.1, 0.15) is 11.5 Å². The summed E-state index contributed by atoms with van der Waals surface area (Å²) in [6.45, 7) is 2.45.